The summed E-state index contributed by atoms with van der Waals surface area (Å²) in [4.78, 5) is 39.7. The summed E-state index contributed by atoms with van der Waals surface area (Å²) in [5.41, 5.74) is 0. The largest absolute Gasteiger partial charge is 0.338 e. The second-order valence-corrected chi connectivity index (χ2v) is 7.57. The molecule has 1 aliphatic carbocycles. The van der Waals surface area contributed by atoms with E-state index in [0.717, 1.165) is 64.4 Å². The number of hydrogen-bond acceptors (Lipinski definition) is 6. The van der Waals surface area contributed by atoms with Gasteiger partial charge in [0.2, 0.25) is 17.8 Å². The number of piperazine rings is 1. The van der Waals surface area contributed by atoms with Crippen molar-refractivity contribution in [2.45, 2.75) is 25.7 Å². The summed E-state index contributed by atoms with van der Waals surface area (Å²) in [5, 5.41) is 0. The van der Waals surface area contributed by atoms with Crippen LogP contribution >= 0.6 is 0 Å². The van der Waals surface area contributed by atoms with Crippen LogP contribution in [-0.4, -0.2) is 70.9 Å². The SMILES string of the molecule is O=C1C2CC=CCC2C(=O)N1CCCCN1CCN(c2ncccn2)CC1. The minimum absolute atomic E-state index is 0.0471. The van der Waals surface area contributed by atoms with Gasteiger partial charge in [-0.2, -0.15) is 0 Å². The van der Waals surface area contributed by atoms with E-state index in [9.17, 15) is 9.59 Å². The summed E-state index contributed by atoms with van der Waals surface area (Å²) in [7, 11) is 0. The predicted octanol–water partition coefficient (Wildman–Crippen LogP) is 1.33. The molecular formula is C20H27N5O2. The fraction of sp³-hybridized carbons (Fsp3) is 0.600. The monoisotopic (exact) mass is 369 g/mol. The number of carbonyl (C=O) groups excluding carboxylic acids is 2. The quantitative estimate of drug-likeness (QED) is 0.428. The number of amides is 2. The molecule has 2 unspecified atom stereocenters. The number of rotatable bonds is 6. The Labute approximate surface area is 160 Å². The molecular weight excluding hydrogens is 342 g/mol. The number of imide groups is 1. The van der Waals surface area contributed by atoms with Gasteiger partial charge in [0.1, 0.15) is 0 Å². The Morgan fingerprint density at radius 3 is 2.07 bits per heavy atom. The number of nitrogens with zero attached hydrogens (tertiary/aromatic N) is 5. The van der Waals surface area contributed by atoms with Gasteiger partial charge < -0.3 is 4.90 Å². The zero-order valence-corrected chi connectivity index (χ0v) is 15.7. The van der Waals surface area contributed by atoms with E-state index in [4.69, 9.17) is 0 Å². The summed E-state index contributed by atoms with van der Waals surface area (Å²) in [5.74, 6) is 0.697. The van der Waals surface area contributed by atoms with Crippen molar-refractivity contribution < 1.29 is 9.59 Å². The molecule has 0 bridgehead atoms. The van der Waals surface area contributed by atoms with E-state index in [1.54, 1.807) is 12.4 Å². The first-order chi connectivity index (χ1) is 13.2. The minimum atomic E-state index is -0.101. The molecule has 7 nitrogen and oxygen atoms in total. The highest BCUT2D eigenvalue weighted by molar-refractivity contribution is 6.05. The van der Waals surface area contributed by atoms with Gasteiger partial charge in [0.25, 0.3) is 0 Å². The maximum absolute atomic E-state index is 12.5. The van der Waals surface area contributed by atoms with E-state index in [1.807, 2.05) is 18.2 Å². The zero-order chi connectivity index (χ0) is 18.6. The van der Waals surface area contributed by atoms with E-state index in [1.165, 1.54) is 4.90 Å². The van der Waals surface area contributed by atoms with E-state index in [0.29, 0.717) is 6.54 Å². The van der Waals surface area contributed by atoms with Crippen LogP contribution in [0.4, 0.5) is 5.95 Å². The van der Waals surface area contributed by atoms with E-state index < -0.39 is 0 Å². The van der Waals surface area contributed by atoms with Gasteiger partial charge in [0, 0.05) is 45.1 Å². The van der Waals surface area contributed by atoms with Crippen LogP contribution < -0.4 is 4.90 Å². The van der Waals surface area contributed by atoms with Crippen LogP contribution in [0, 0.1) is 11.8 Å². The first-order valence-electron chi connectivity index (χ1n) is 9.98. The Kier molecular flexibility index (Phi) is 5.48. The molecule has 27 heavy (non-hydrogen) atoms. The lowest BCUT2D eigenvalue weighted by Gasteiger charge is -2.34. The van der Waals surface area contributed by atoms with Gasteiger partial charge in [-0.3, -0.25) is 19.4 Å². The number of anilines is 1. The second kappa shape index (κ2) is 8.17. The Balaban J connectivity index is 1.17. The number of allylic oxidation sites excluding steroid dienone is 2. The first-order valence-corrected chi connectivity index (χ1v) is 9.98. The molecule has 2 saturated heterocycles. The van der Waals surface area contributed by atoms with Crippen LogP contribution in [0.1, 0.15) is 25.7 Å². The third kappa shape index (κ3) is 3.88. The molecule has 2 fully saturated rings. The fourth-order valence-corrected chi connectivity index (χ4v) is 4.32. The molecule has 144 valence electrons. The number of carbonyl (C=O) groups is 2. The lowest BCUT2D eigenvalue weighted by atomic mass is 9.85. The molecule has 2 atom stereocenters. The third-order valence-electron chi connectivity index (χ3n) is 5.91. The number of likely N-dealkylation sites (tertiary alicyclic amines) is 1. The topological polar surface area (TPSA) is 69.6 Å². The van der Waals surface area contributed by atoms with Gasteiger partial charge in [0.05, 0.1) is 11.8 Å². The molecule has 1 aromatic rings. The molecule has 7 heteroatoms. The van der Waals surface area contributed by atoms with Gasteiger partial charge in [-0.1, -0.05) is 12.2 Å². The zero-order valence-electron chi connectivity index (χ0n) is 15.7. The highest BCUT2D eigenvalue weighted by Gasteiger charge is 2.46. The molecule has 0 N–H and O–H groups in total. The van der Waals surface area contributed by atoms with Crippen LogP contribution in [0.5, 0.6) is 0 Å². The van der Waals surface area contributed by atoms with E-state index in [2.05, 4.69) is 19.8 Å². The average molecular weight is 369 g/mol. The van der Waals surface area contributed by atoms with Gasteiger partial charge in [0.15, 0.2) is 0 Å². The van der Waals surface area contributed by atoms with Crippen molar-refractivity contribution in [2.24, 2.45) is 11.8 Å². The maximum atomic E-state index is 12.5. The molecule has 0 aromatic carbocycles. The van der Waals surface area contributed by atoms with Crippen molar-refractivity contribution in [3.05, 3.63) is 30.6 Å². The Morgan fingerprint density at radius 1 is 0.852 bits per heavy atom. The molecule has 0 saturated carbocycles. The number of hydrogen-bond donors (Lipinski definition) is 0. The van der Waals surface area contributed by atoms with Crippen molar-refractivity contribution in [1.29, 1.82) is 0 Å². The first kappa shape index (κ1) is 18.1. The lowest BCUT2D eigenvalue weighted by Crippen LogP contribution is -2.47. The maximum Gasteiger partial charge on any atom is 0.233 e. The molecule has 2 aliphatic heterocycles. The van der Waals surface area contributed by atoms with Crippen molar-refractivity contribution in [1.82, 2.24) is 19.8 Å². The summed E-state index contributed by atoms with van der Waals surface area (Å²) < 4.78 is 0. The van der Waals surface area contributed by atoms with Crippen LogP contribution in [0.3, 0.4) is 0 Å². The van der Waals surface area contributed by atoms with Crippen molar-refractivity contribution >= 4 is 17.8 Å². The molecule has 3 aliphatic rings. The van der Waals surface area contributed by atoms with E-state index in [-0.39, 0.29) is 23.7 Å². The minimum Gasteiger partial charge on any atom is -0.338 e. The number of fused-ring (bicyclic) bond motifs is 1. The molecule has 0 spiro atoms. The molecule has 1 aromatic heterocycles. The normalized spacial score (nSPS) is 25.9. The van der Waals surface area contributed by atoms with Crippen LogP contribution in [0.2, 0.25) is 0 Å². The second-order valence-electron chi connectivity index (χ2n) is 7.57. The summed E-state index contributed by atoms with van der Waals surface area (Å²) >= 11 is 0. The van der Waals surface area contributed by atoms with E-state index >= 15 is 0 Å². The van der Waals surface area contributed by atoms with Crippen LogP contribution in [0.15, 0.2) is 30.6 Å². The van der Waals surface area contributed by atoms with Crippen LogP contribution in [0.25, 0.3) is 0 Å². The van der Waals surface area contributed by atoms with Gasteiger partial charge in [-0.05, 0) is 38.3 Å². The molecule has 2 amide bonds. The highest BCUT2D eigenvalue weighted by atomic mass is 16.2. The van der Waals surface area contributed by atoms with Gasteiger partial charge in [-0.25, -0.2) is 9.97 Å². The summed E-state index contributed by atoms with van der Waals surface area (Å²) in [6.45, 7) is 5.44. The smallest absolute Gasteiger partial charge is 0.233 e. The highest BCUT2D eigenvalue weighted by Crippen LogP contribution is 2.35. The summed E-state index contributed by atoms with van der Waals surface area (Å²) in [6, 6.07) is 1.83. The van der Waals surface area contributed by atoms with Gasteiger partial charge >= 0.3 is 0 Å². The summed E-state index contributed by atoms with van der Waals surface area (Å²) in [6.07, 6.45) is 11.0. The van der Waals surface area contributed by atoms with Crippen molar-refractivity contribution in [2.75, 3.05) is 44.2 Å². The molecule has 3 heterocycles. The lowest BCUT2D eigenvalue weighted by molar-refractivity contribution is -0.139. The molecule has 4 rings (SSSR count). The Bertz CT molecular complexity index is 674. The number of aromatic nitrogens is 2. The predicted molar refractivity (Wildman–Crippen MR) is 102 cm³/mol. The Morgan fingerprint density at radius 2 is 1.44 bits per heavy atom. The van der Waals surface area contributed by atoms with Crippen molar-refractivity contribution in [3.63, 3.8) is 0 Å². The Hall–Kier alpha value is -2.28. The third-order valence-corrected chi connectivity index (χ3v) is 5.91. The van der Waals surface area contributed by atoms with Crippen LogP contribution in [-0.2, 0) is 9.59 Å². The standard InChI is InChI=1S/C20H27N5O2/c26-18-16-6-1-2-7-17(16)19(27)25(18)11-4-3-10-23-12-14-24(15-13-23)20-21-8-5-9-22-20/h1-2,5,8-9,16-17H,3-4,6-7,10-15H2. The fourth-order valence-electron chi connectivity index (χ4n) is 4.32. The number of unbranched alkanes of at least 4 members (excludes halogenated alkanes) is 1. The van der Waals surface area contributed by atoms with Crippen molar-refractivity contribution in [3.8, 4) is 0 Å². The molecule has 0 radical (unpaired) electrons. The van der Waals surface area contributed by atoms with Gasteiger partial charge in [-0.15, -0.1) is 0 Å². The average Bonchev–Trinajstić information content (AvgIpc) is 2.97.